The van der Waals surface area contributed by atoms with Crippen molar-refractivity contribution in [2.24, 2.45) is 0 Å². The fourth-order valence-electron chi connectivity index (χ4n) is 4.26. The van der Waals surface area contributed by atoms with Crippen LogP contribution >= 0.6 is 11.6 Å². The van der Waals surface area contributed by atoms with Gasteiger partial charge in [-0.1, -0.05) is 24.6 Å². The van der Waals surface area contributed by atoms with Gasteiger partial charge in [-0.2, -0.15) is 5.10 Å². The van der Waals surface area contributed by atoms with Crippen molar-refractivity contribution in [3.8, 4) is 5.69 Å². The molecule has 0 bridgehead atoms. The van der Waals surface area contributed by atoms with Crippen LogP contribution in [0.3, 0.4) is 0 Å². The Morgan fingerprint density at radius 2 is 1.90 bits per heavy atom. The fraction of sp³-hybridized carbons (Fsp3) is 0.478. The number of nitrogens with one attached hydrogen (secondary N) is 2. The summed E-state index contributed by atoms with van der Waals surface area (Å²) < 4.78 is 1.84. The predicted octanol–water partition coefficient (Wildman–Crippen LogP) is 4.60. The molecular weight excluding hydrogens is 412 g/mol. The first-order valence-electron chi connectivity index (χ1n) is 11.2. The van der Waals surface area contributed by atoms with Gasteiger partial charge in [-0.05, 0) is 56.7 Å². The third-order valence-electron chi connectivity index (χ3n) is 6.20. The zero-order valence-electron chi connectivity index (χ0n) is 17.6. The summed E-state index contributed by atoms with van der Waals surface area (Å²) in [5, 5.41) is 13.0. The summed E-state index contributed by atoms with van der Waals surface area (Å²) in [4.78, 5) is 21.4. The van der Waals surface area contributed by atoms with E-state index < -0.39 is 0 Å². The highest BCUT2D eigenvalue weighted by Crippen LogP contribution is 2.40. The van der Waals surface area contributed by atoms with Crippen molar-refractivity contribution in [3.05, 3.63) is 41.3 Å². The Balaban J connectivity index is 1.41. The smallest absolute Gasteiger partial charge is 0.219 e. The molecule has 3 aromatic rings. The molecule has 2 aliphatic rings. The number of aromatic nitrogens is 4. The van der Waals surface area contributed by atoms with Crippen molar-refractivity contribution < 1.29 is 4.79 Å². The lowest BCUT2D eigenvalue weighted by Crippen LogP contribution is -2.39. The Bertz CT molecular complexity index is 1100. The van der Waals surface area contributed by atoms with Crippen molar-refractivity contribution in [3.63, 3.8) is 0 Å². The second-order valence-electron chi connectivity index (χ2n) is 8.59. The lowest BCUT2D eigenvalue weighted by molar-refractivity contribution is -0.121. The Morgan fingerprint density at radius 3 is 2.61 bits per heavy atom. The highest BCUT2D eigenvalue weighted by Gasteiger charge is 2.29. The first-order valence-corrected chi connectivity index (χ1v) is 11.6. The van der Waals surface area contributed by atoms with E-state index in [0.717, 1.165) is 66.9 Å². The maximum atomic E-state index is 11.7. The van der Waals surface area contributed by atoms with Crippen molar-refractivity contribution in [2.45, 2.75) is 69.9 Å². The molecule has 0 radical (unpaired) electrons. The number of carbonyl (C=O) groups excluding carboxylic acids is 1. The molecular formula is C23H27ClN6O. The molecule has 0 saturated heterocycles. The van der Waals surface area contributed by atoms with Gasteiger partial charge in [0.25, 0.3) is 0 Å². The van der Waals surface area contributed by atoms with Gasteiger partial charge in [0.2, 0.25) is 5.91 Å². The van der Waals surface area contributed by atoms with Crippen molar-refractivity contribution >= 4 is 34.4 Å². The number of amides is 1. The Kier molecular flexibility index (Phi) is 5.52. The number of hydrogen-bond donors (Lipinski definition) is 2. The van der Waals surface area contributed by atoms with Crippen LogP contribution in [0.4, 0.5) is 5.82 Å². The molecule has 2 N–H and O–H groups in total. The monoisotopic (exact) mass is 438 g/mol. The van der Waals surface area contributed by atoms with E-state index in [1.807, 2.05) is 42.1 Å². The minimum Gasteiger partial charge on any atom is -0.367 e. The number of nitrogens with zero attached hydrogens (tertiary/aromatic N) is 4. The standard InChI is InChI=1S/C23H27ClN6O/c1-2-20(31)26-16-8-10-17(11-9-16)27-22-19-13-25-30(18-5-3-4-15(24)12-18)23(19)29-21(28-22)14-6-7-14/h3-5,12-14,16-17H,2,6-11H2,1H3,(H,26,31)(H,27,28,29). The minimum atomic E-state index is 0.136. The molecule has 0 aliphatic heterocycles. The molecule has 2 aromatic heterocycles. The second-order valence-corrected chi connectivity index (χ2v) is 9.03. The van der Waals surface area contributed by atoms with Crippen molar-refractivity contribution in [1.29, 1.82) is 0 Å². The SMILES string of the molecule is CCC(=O)NC1CCC(Nc2nc(C3CC3)nc3c2cnn3-c2cccc(Cl)c2)CC1. The number of rotatable bonds is 6. The number of fused-ring (bicyclic) bond motifs is 1. The van der Waals surface area contributed by atoms with Gasteiger partial charge in [0, 0.05) is 29.4 Å². The van der Waals surface area contributed by atoms with Crippen LogP contribution in [0.1, 0.15) is 63.6 Å². The molecule has 0 spiro atoms. The topological polar surface area (TPSA) is 84.7 Å². The van der Waals surface area contributed by atoms with E-state index in [2.05, 4.69) is 15.7 Å². The van der Waals surface area contributed by atoms with Crippen LogP contribution < -0.4 is 10.6 Å². The summed E-state index contributed by atoms with van der Waals surface area (Å²) in [7, 11) is 0. The zero-order valence-corrected chi connectivity index (χ0v) is 18.4. The molecule has 1 amide bonds. The summed E-state index contributed by atoms with van der Waals surface area (Å²) in [5.74, 6) is 2.33. The van der Waals surface area contributed by atoms with E-state index in [1.165, 1.54) is 0 Å². The van der Waals surface area contributed by atoms with Gasteiger partial charge in [0.05, 0.1) is 17.3 Å². The first-order chi connectivity index (χ1) is 15.1. The quantitative estimate of drug-likeness (QED) is 0.587. The number of hydrogen-bond acceptors (Lipinski definition) is 5. The lowest BCUT2D eigenvalue weighted by Gasteiger charge is -2.30. The summed E-state index contributed by atoms with van der Waals surface area (Å²) >= 11 is 6.20. The van der Waals surface area contributed by atoms with Crippen molar-refractivity contribution in [2.75, 3.05) is 5.32 Å². The average Bonchev–Trinajstić information content (AvgIpc) is 3.54. The van der Waals surface area contributed by atoms with Crippen LogP contribution in [-0.2, 0) is 4.79 Å². The molecule has 162 valence electrons. The molecule has 5 rings (SSSR count). The Labute approximate surface area is 186 Å². The van der Waals surface area contributed by atoms with E-state index in [9.17, 15) is 4.79 Å². The van der Waals surface area contributed by atoms with E-state index >= 15 is 0 Å². The van der Waals surface area contributed by atoms with Crippen molar-refractivity contribution in [1.82, 2.24) is 25.1 Å². The largest absolute Gasteiger partial charge is 0.367 e. The first kappa shape index (κ1) is 20.2. The molecule has 2 fully saturated rings. The van der Waals surface area contributed by atoms with Gasteiger partial charge in [0.1, 0.15) is 11.6 Å². The van der Waals surface area contributed by atoms with Crippen LogP contribution in [0.25, 0.3) is 16.7 Å². The highest BCUT2D eigenvalue weighted by atomic mass is 35.5. The summed E-state index contributed by atoms with van der Waals surface area (Å²) in [6.07, 6.45) is 8.61. The minimum absolute atomic E-state index is 0.136. The zero-order chi connectivity index (χ0) is 21.4. The maximum Gasteiger partial charge on any atom is 0.219 e. The van der Waals surface area contributed by atoms with E-state index in [1.54, 1.807) is 0 Å². The van der Waals surface area contributed by atoms with Crippen LogP contribution in [0.5, 0.6) is 0 Å². The number of carbonyl (C=O) groups is 1. The Hall–Kier alpha value is -2.67. The molecule has 2 heterocycles. The van der Waals surface area contributed by atoms with Gasteiger partial charge >= 0.3 is 0 Å². The molecule has 7 nitrogen and oxygen atoms in total. The molecule has 0 unspecified atom stereocenters. The summed E-state index contributed by atoms with van der Waals surface area (Å²) in [6, 6.07) is 8.26. The van der Waals surface area contributed by atoms with E-state index in [-0.39, 0.29) is 11.9 Å². The predicted molar refractivity (Wildman–Crippen MR) is 122 cm³/mol. The van der Waals surface area contributed by atoms with E-state index in [4.69, 9.17) is 21.6 Å². The second kappa shape index (κ2) is 8.46. The molecule has 8 heteroatoms. The highest BCUT2D eigenvalue weighted by molar-refractivity contribution is 6.30. The van der Waals surface area contributed by atoms with Gasteiger partial charge < -0.3 is 10.6 Å². The third kappa shape index (κ3) is 4.37. The van der Waals surface area contributed by atoms with Crippen LogP contribution in [0.15, 0.2) is 30.5 Å². The summed E-state index contributed by atoms with van der Waals surface area (Å²) in [6.45, 7) is 1.89. The fourth-order valence-corrected chi connectivity index (χ4v) is 4.45. The molecule has 2 saturated carbocycles. The van der Waals surface area contributed by atoms with E-state index in [0.29, 0.717) is 23.4 Å². The van der Waals surface area contributed by atoms with Gasteiger partial charge in [-0.25, -0.2) is 14.6 Å². The number of benzene rings is 1. The number of halogens is 1. The van der Waals surface area contributed by atoms with Gasteiger partial charge in [-0.3, -0.25) is 4.79 Å². The maximum absolute atomic E-state index is 11.7. The normalized spacial score (nSPS) is 21.2. The van der Waals surface area contributed by atoms with Crippen LogP contribution in [-0.4, -0.2) is 37.7 Å². The number of anilines is 1. The molecule has 31 heavy (non-hydrogen) atoms. The molecule has 1 aromatic carbocycles. The summed E-state index contributed by atoms with van der Waals surface area (Å²) in [5.41, 5.74) is 1.70. The van der Waals surface area contributed by atoms with Gasteiger partial charge in [0.15, 0.2) is 5.65 Å². The molecule has 2 aliphatic carbocycles. The Morgan fingerprint density at radius 1 is 1.13 bits per heavy atom. The van der Waals surface area contributed by atoms with Crippen LogP contribution in [0.2, 0.25) is 5.02 Å². The van der Waals surface area contributed by atoms with Gasteiger partial charge in [-0.15, -0.1) is 0 Å². The lowest BCUT2D eigenvalue weighted by atomic mass is 9.91. The van der Waals surface area contributed by atoms with Crippen LogP contribution in [0, 0.1) is 0 Å². The average molecular weight is 439 g/mol. The third-order valence-corrected chi connectivity index (χ3v) is 6.43. The molecule has 0 atom stereocenters.